The summed E-state index contributed by atoms with van der Waals surface area (Å²) in [5, 5.41) is 7.91. The zero-order chi connectivity index (χ0) is 15.0. The van der Waals surface area contributed by atoms with Crippen LogP contribution in [0.4, 0.5) is 0 Å². The van der Waals surface area contributed by atoms with Crippen LogP contribution in [0.1, 0.15) is 0 Å². The number of rotatable bonds is 3. The lowest BCUT2D eigenvalue weighted by Gasteiger charge is -2.08. The van der Waals surface area contributed by atoms with Crippen molar-refractivity contribution in [2.24, 2.45) is 0 Å². The van der Waals surface area contributed by atoms with Crippen LogP contribution in [-0.4, -0.2) is 29.9 Å². The van der Waals surface area contributed by atoms with Crippen molar-refractivity contribution < 1.29 is 13.2 Å². The van der Waals surface area contributed by atoms with Crippen LogP contribution in [-0.2, 0) is 10.0 Å². The number of methoxy groups -OCH3 is 1. The van der Waals surface area contributed by atoms with Gasteiger partial charge in [0, 0.05) is 6.07 Å². The second-order valence-corrected chi connectivity index (χ2v) is 6.40. The van der Waals surface area contributed by atoms with E-state index in [9.17, 15) is 8.42 Å². The molecule has 0 spiro atoms. The Morgan fingerprint density at radius 1 is 1.19 bits per heavy atom. The van der Waals surface area contributed by atoms with Gasteiger partial charge >= 0.3 is 0 Å². The van der Waals surface area contributed by atoms with E-state index >= 15 is 0 Å². The van der Waals surface area contributed by atoms with Gasteiger partial charge in [-0.3, -0.25) is 0 Å². The van der Waals surface area contributed by atoms with Gasteiger partial charge in [-0.1, -0.05) is 28.9 Å². The van der Waals surface area contributed by atoms with E-state index in [1.54, 1.807) is 24.3 Å². The van der Waals surface area contributed by atoms with E-state index in [1.165, 1.54) is 25.3 Å². The lowest BCUT2D eigenvalue weighted by atomic mass is 10.3. The van der Waals surface area contributed by atoms with Crippen molar-refractivity contribution in [1.29, 1.82) is 0 Å². The fourth-order valence-electron chi connectivity index (χ4n) is 1.93. The third kappa shape index (κ3) is 2.24. The fraction of sp³-hybridized carbons (Fsp3) is 0.0769. The van der Waals surface area contributed by atoms with Crippen molar-refractivity contribution in [1.82, 2.24) is 14.4 Å². The summed E-state index contributed by atoms with van der Waals surface area (Å²) in [7, 11) is -2.45. The minimum absolute atomic E-state index is 0.0272. The molecular formula is C13H10ClN3O3S. The highest BCUT2D eigenvalue weighted by atomic mass is 35.5. The van der Waals surface area contributed by atoms with Crippen molar-refractivity contribution >= 4 is 32.7 Å². The fourth-order valence-corrected chi connectivity index (χ4v) is 3.36. The molecular weight excluding hydrogens is 314 g/mol. The van der Waals surface area contributed by atoms with E-state index in [2.05, 4.69) is 10.3 Å². The van der Waals surface area contributed by atoms with Gasteiger partial charge in [0.05, 0.1) is 17.0 Å². The van der Waals surface area contributed by atoms with Crippen LogP contribution in [0.2, 0.25) is 5.02 Å². The SMILES string of the molecule is COc1cc(S(=O)(=O)n2nnc3ccccc32)ccc1Cl. The van der Waals surface area contributed by atoms with E-state index in [0.29, 0.717) is 16.1 Å². The normalized spacial score (nSPS) is 11.7. The van der Waals surface area contributed by atoms with Gasteiger partial charge in [-0.25, -0.2) is 0 Å². The Morgan fingerprint density at radius 3 is 2.71 bits per heavy atom. The lowest BCUT2D eigenvalue weighted by molar-refractivity contribution is 0.413. The second-order valence-electron chi connectivity index (χ2n) is 4.22. The summed E-state index contributed by atoms with van der Waals surface area (Å²) >= 11 is 5.91. The maximum Gasteiger partial charge on any atom is 0.285 e. The molecule has 0 saturated carbocycles. The van der Waals surface area contributed by atoms with E-state index in [-0.39, 0.29) is 10.6 Å². The van der Waals surface area contributed by atoms with Gasteiger partial charge < -0.3 is 4.74 Å². The number of fused-ring (bicyclic) bond motifs is 1. The topological polar surface area (TPSA) is 74.1 Å². The molecule has 0 amide bonds. The maximum absolute atomic E-state index is 12.7. The van der Waals surface area contributed by atoms with Crippen LogP contribution in [0.3, 0.4) is 0 Å². The maximum atomic E-state index is 12.7. The van der Waals surface area contributed by atoms with Crippen LogP contribution in [0.5, 0.6) is 5.75 Å². The third-order valence-electron chi connectivity index (χ3n) is 2.97. The molecule has 2 aromatic carbocycles. The highest BCUT2D eigenvalue weighted by Crippen LogP contribution is 2.28. The number of halogens is 1. The number of aromatic nitrogens is 3. The first-order valence-electron chi connectivity index (χ1n) is 5.93. The smallest absolute Gasteiger partial charge is 0.285 e. The van der Waals surface area contributed by atoms with E-state index < -0.39 is 10.0 Å². The number of ether oxygens (including phenoxy) is 1. The first-order chi connectivity index (χ1) is 10.0. The minimum Gasteiger partial charge on any atom is -0.495 e. The van der Waals surface area contributed by atoms with Gasteiger partial charge in [0.25, 0.3) is 10.0 Å². The molecule has 1 heterocycles. The van der Waals surface area contributed by atoms with Gasteiger partial charge in [-0.15, -0.1) is 9.19 Å². The Balaban J connectivity index is 2.21. The Morgan fingerprint density at radius 2 is 1.95 bits per heavy atom. The van der Waals surface area contributed by atoms with E-state index in [4.69, 9.17) is 16.3 Å². The predicted molar refractivity (Wildman–Crippen MR) is 78.1 cm³/mol. The molecule has 0 atom stereocenters. The molecule has 3 aromatic rings. The van der Waals surface area contributed by atoms with Crippen molar-refractivity contribution in [2.75, 3.05) is 7.11 Å². The summed E-state index contributed by atoms with van der Waals surface area (Å²) in [6.07, 6.45) is 0. The van der Waals surface area contributed by atoms with Crippen LogP contribution < -0.4 is 4.74 Å². The molecule has 108 valence electrons. The largest absolute Gasteiger partial charge is 0.495 e. The van der Waals surface area contributed by atoms with Gasteiger partial charge in [0.2, 0.25) is 0 Å². The van der Waals surface area contributed by atoms with Gasteiger partial charge in [-0.2, -0.15) is 8.42 Å². The van der Waals surface area contributed by atoms with Crippen molar-refractivity contribution in [2.45, 2.75) is 4.90 Å². The quantitative estimate of drug-likeness (QED) is 0.739. The molecule has 0 fully saturated rings. The molecule has 0 bridgehead atoms. The van der Waals surface area contributed by atoms with Crippen LogP contribution >= 0.6 is 11.6 Å². The first-order valence-corrected chi connectivity index (χ1v) is 7.75. The van der Waals surface area contributed by atoms with Crippen LogP contribution in [0.15, 0.2) is 47.4 Å². The zero-order valence-corrected chi connectivity index (χ0v) is 12.5. The molecule has 6 nitrogen and oxygen atoms in total. The molecule has 0 aliphatic carbocycles. The molecule has 0 aliphatic heterocycles. The van der Waals surface area contributed by atoms with Gasteiger partial charge in [0.1, 0.15) is 16.8 Å². The third-order valence-corrected chi connectivity index (χ3v) is 4.86. The summed E-state index contributed by atoms with van der Waals surface area (Å²) in [6.45, 7) is 0. The average molecular weight is 324 g/mol. The Kier molecular flexibility index (Phi) is 3.30. The van der Waals surface area contributed by atoms with E-state index in [1.807, 2.05) is 0 Å². The second kappa shape index (κ2) is 5.01. The number of hydrogen-bond donors (Lipinski definition) is 0. The number of hydrogen-bond acceptors (Lipinski definition) is 5. The molecule has 1 aromatic heterocycles. The number of nitrogens with zero attached hydrogens (tertiary/aromatic N) is 3. The molecule has 21 heavy (non-hydrogen) atoms. The number of para-hydroxylation sites is 1. The number of benzene rings is 2. The molecule has 0 radical (unpaired) electrons. The summed E-state index contributed by atoms with van der Waals surface area (Å²) in [6, 6.07) is 11.0. The Labute approximate surface area is 126 Å². The molecule has 3 rings (SSSR count). The minimum atomic E-state index is -3.87. The molecule has 0 saturated heterocycles. The highest BCUT2D eigenvalue weighted by molar-refractivity contribution is 7.90. The first kappa shape index (κ1) is 13.8. The summed E-state index contributed by atoms with van der Waals surface area (Å²) in [5.74, 6) is 0.280. The van der Waals surface area contributed by atoms with Crippen molar-refractivity contribution in [3.63, 3.8) is 0 Å². The Hall–Kier alpha value is -2.12. The van der Waals surface area contributed by atoms with Crippen molar-refractivity contribution in [3.8, 4) is 5.75 Å². The lowest BCUT2D eigenvalue weighted by Crippen LogP contribution is -2.14. The molecule has 0 aliphatic rings. The van der Waals surface area contributed by atoms with Crippen LogP contribution in [0, 0.1) is 0 Å². The standard InChI is InChI=1S/C13H10ClN3O3S/c1-20-13-8-9(6-7-10(13)14)21(18,19)17-12-5-3-2-4-11(12)15-16-17/h2-8H,1H3. The van der Waals surface area contributed by atoms with Crippen LogP contribution in [0.25, 0.3) is 11.0 Å². The van der Waals surface area contributed by atoms with Gasteiger partial charge in [-0.05, 0) is 24.3 Å². The Bertz CT molecular complexity index is 921. The molecule has 8 heteroatoms. The summed E-state index contributed by atoms with van der Waals surface area (Å²) < 4.78 is 31.2. The molecule has 0 unspecified atom stereocenters. The predicted octanol–water partition coefficient (Wildman–Crippen LogP) is 2.33. The highest BCUT2D eigenvalue weighted by Gasteiger charge is 2.22. The van der Waals surface area contributed by atoms with Gasteiger partial charge in [0.15, 0.2) is 0 Å². The monoisotopic (exact) mass is 323 g/mol. The van der Waals surface area contributed by atoms with Crippen molar-refractivity contribution in [3.05, 3.63) is 47.5 Å². The average Bonchev–Trinajstić information content (AvgIpc) is 2.92. The summed E-state index contributed by atoms with van der Waals surface area (Å²) in [5.41, 5.74) is 0.911. The zero-order valence-electron chi connectivity index (χ0n) is 10.9. The van der Waals surface area contributed by atoms with E-state index in [0.717, 1.165) is 4.09 Å². The summed E-state index contributed by atoms with van der Waals surface area (Å²) in [4.78, 5) is 0.0272. The molecule has 0 N–H and O–H groups in total.